The van der Waals surface area contributed by atoms with E-state index in [2.05, 4.69) is 57.8 Å². The molecule has 1 aromatic carbocycles. The van der Waals surface area contributed by atoms with Crippen LogP contribution in [0.1, 0.15) is 37.0 Å². The molecule has 2 heteroatoms. The lowest BCUT2D eigenvalue weighted by Gasteiger charge is -2.24. The molecular formula is C15H26N2. The molecule has 2 nitrogen and oxygen atoms in total. The lowest BCUT2D eigenvalue weighted by Crippen LogP contribution is -2.36. The standard InChI is InChI=1S/C15H26N2/c1-12-6-7-13(2)14(10-12)11-17(5)9-8-15(3,4)16/h6-7,10H,8-9,11,16H2,1-5H3. The van der Waals surface area contributed by atoms with Crippen LogP contribution >= 0.6 is 0 Å². The van der Waals surface area contributed by atoms with Crippen molar-refractivity contribution < 1.29 is 0 Å². The van der Waals surface area contributed by atoms with Crippen LogP contribution in [-0.4, -0.2) is 24.0 Å². The minimum atomic E-state index is -0.0735. The molecule has 0 radical (unpaired) electrons. The average Bonchev–Trinajstić information content (AvgIpc) is 2.20. The van der Waals surface area contributed by atoms with Crippen LogP contribution in [0.4, 0.5) is 0 Å². The van der Waals surface area contributed by atoms with E-state index in [0.29, 0.717) is 0 Å². The molecule has 1 aromatic rings. The second-order valence-corrected chi connectivity index (χ2v) is 5.91. The van der Waals surface area contributed by atoms with E-state index in [-0.39, 0.29) is 5.54 Å². The second-order valence-electron chi connectivity index (χ2n) is 5.91. The summed E-state index contributed by atoms with van der Waals surface area (Å²) in [6.07, 6.45) is 1.02. The molecule has 0 saturated heterocycles. The van der Waals surface area contributed by atoms with E-state index < -0.39 is 0 Å². The Kier molecular flexibility index (Phi) is 4.72. The summed E-state index contributed by atoms with van der Waals surface area (Å²) in [6, 6.07) is 6.65. The Bertz CT molecular complexity index is 364. The molecule has 17 heavy (non-hydrogen) atoms. The number of nitrogens with two attached hydrogens (primary N) is 1. The van der Waals surface area contributed by atoms with E-state index in [1.807, 2.05) is 0 Å². The largest absolute Gasteiger partial charge is 0.326 e. The zero-order valence-corrected chi connectivity index (χ0v) is 11.9. The van der Waals surface area contributed by atoms with Gasteiger partial charge in [-0.15, -0.1) is 0 Å². The van der Waals surface area contributed by atoms with E-state index >= 15 is 0 Å². The molecule has 0 atom stereocenters. The molecule has 0 amide bonds. The molecule has 96 valence electrons. The SMILES string of the molecule is Cc1ccc(C)c(CN(C)CCC(C)(C)N)c1. The third-order valence-corrected chi connectivity index (χ3v) is 3.08. The maximum Gasteiger partial charge on any atom is 0.0233 e. The Labute approximate surface area is 106 Å². The summed E-state index contributed by atoms with van der Waals surface area (Å²) in [5.41, 5.74) is 10.1. The Balaban J connectivity index is 2.56. The number of nitrogens with zero attached hydrogens (tertiary/aromatic N) is 1. The highest BCUT2D eigenvalue weighted by Crippen LogP contribution is 2.13. The predicted octanol–water partition coefficient (Wildman–Crippen LogP) is 2.86. The molecule has 0 spiro atoms. The Morgan fingerprint density at radius 2 is 1.88 bits per heavy atom. The van der Waals surface area contributed by atoms with Crippen molar-refractivity contribution in [3.8, 4) is 0 Å². The summed E-state index contributed by atoms with van der Waals surface area (Å²) < 4.78 is 0. The van der Waals surface area contributed by atoms with Crippen LogP contribution in [0.3, 0.4) is 0 Å². The van der Waals surface area contributed by atoms with Gasteiger partial charge >= 0.3 is 0 Å². The molecular weight excluding hydrogens is 208 g/mol. The van der Waals surface area contributed by atoms with Gasteiger partial charge < -0.3 is 10.6 Å². The highest BCUT2D eigenvalue weighted by atomic mass is 15.1. The van der Waals surface area contributed by atoms with Gasteiger partial charge in [0.15, 0.2) is 0 Å². The third kappa shape index (κ3) is 5.33. The average molecular weight is 234 g/mol. The molecule has 0 aliphatic carbocycles. The molecule has 0 unspecified atom stereocenters. The fourth-order valence-electron chi connectivity index (χ4n) is 1.82. The Morgan fingerprint density at radius 1 is 1.24 bits per heavy atom. The van der Waals surface area contributed by atoms with Gasteiger partial charge in [-0.1, -0.05) is 23.8 Å². The zero-order valence-electron chi connectivity index (χ0n) is 11.9. The lowest BCUT2D eigenvalue weighted by atomic mass is 10.0. The first-order valence-electron chi connectivity index (χ1n) is 6.31. The second kappa shape index (κ2) is 5.65. The number of aryl methyl sites for hydroxylation is 2. The number of benzene rings is 1. The molecule has 0 aliphatic heterocycles. The summed E-state index contributed by atoms with van der Waals surface area (Å²) in [5, 5.41) is 0. The van der Waals surface area contributed by atoms with Crippen molar-refractivity contribution >= 4 is 0 Å². The maximum absolute atomic E-state index is 6.00. The van der Waals surface area contributed by atoms with Gasteiger partial charge in [-0.05, 0) is 58.8 Å². The van der Waals surface area contributed by atoms with Crippen LogP contribution in [0, 0.1) is 13.8 Å². The molecule has 0 bridgehead atoms. The topological polar surface area (TPSA) is 29.3 Å². The van der Waals surface area contributed by atoms with Crippen molar-refractivity contribution in [3.05, 3.63) is 34.9 Å². The molecule has 0 aliphatic rings. The highest BCUT2D eigenvalue weighted by Gasteiger charge is 2.12. The van der Waals surface area contributed by atoms with Crippen molar-refractivity contribution in [2.45, 2.75) is 46.2 Å². The number of hydrogen-bond acceptors (Lipinski definition) is 2. The third-order valence-electron chi connectivity index (χ3n) is 3.08. The molecule has 2 N–H and O–H groups in total. The van der Waals surface area contributed by atoms with Crippen LogP contribution in [0.15, 0.2) is 18.2 Å². The smallest absolute Gasteiger partial charge is 0.0233 e. The predicted molar refractivity (Wildman–Crippen MR) is 75.1 cm³/mol. The van der Waals surface area contributed by atoms with Gasteiger partial charge in [0.1, 0.15) is 0 Å². The molecule has 1 rings (SSSR count). The monoisotopic (exact) mass is 234 g/mol. The first-order valence-corrected chi connectivity index (χ1v) is 6.31. The highest BCUT2D eigenvalue weighted by molar-refractivity contribution is 5.30. The van der Waals surface area contributed by atoms with Crippen molar-refractivity contribution in [3.63, 3.8) is 0 Å². The molecule has 0 saturated carbocycles. The minimum Gasteiger partial charge on any atom is -0.326 e. The number of hydrogen-bond donors (Lipinski definition) is 1. The first-order chi connectivity index (χ1) is 7.78. The normalized spacial score (nSPS) is 12.2. The van der Waals surface area contributed by atoms with Gasteiger partial charge in [0.2, 0.25) is 0 Å². The zero-order chi connectivity index (χ0) is 13.1. The number of rotatable bonds is 5. The van der Waals surface area contributed by atoms with E-state index in [0.717, 1.165) is 19.5 Å². The van der Waals surface area contributed by atoms with Crippen LogP contribution < -0.4 is 5.73 Å². The van der Waals surface area contributed by atoms with E-state index in [9.17, 15) is 0 Å². The minimum absolute atomic E-state index is 0.0735. The maximum atomic E-state index is 6.00. The van der Waals surface area contributed by atoms with E-state index in [1.54, 1.807) is 0 Å². The van der Waals surface area contributed by atoms with Gasteiger partial charge in [-0.3, -0.25) is 0 Å². The van der Waals surface area contributed by atoms with E-state index in [4.69, 9.17) is 5.73 Å². The van der Waals surface area contributed by atoms with Crippen molar-refractivity contribution in [2.24, 2.45) is 5.73 Å². The summed E-state index contributed by atoms with van der Waals surface area (Å²) in [7, 11) is 2.16. The van der Waals surface area contributed by atoms with Crippen molar-refractivity contribution in [1.29, 1.82) is 0 Å². The van der Waals surface area contributed by atoms with Crippen LogP contribution in [0.5, 0.6) is 0 Å². The summed E-state index contributed by atoms with van der Waals surface area (Å²) in [6.45, 7) is 10.5. The lowest BCUT2D eigenvalue weighted by molar-refractivity contribution is 0.288. The van der Waals surface area contributed by atoms with E-state index in [1.165, 1.54) is 16.7 Å². The molecule has 0 heterocycles. The summed E-state index contributed by atoms with van der Waals surface area (Å²) in [4.78, 5) is 2.34. The Hall–Kier alpha value is -0.860. The van der Waals surface area contributed by atoms with Gasteiger partial charge in [0, 0.05) is 12.1 Å². The van der Waals surface area contributed by atoms with Crippen LogP contribution in [0.25, 0.3) is 0 Å². The summed E-state index contributed by atoms with van der Waals surface area (Å²) in [5.74, 6) is 0. The quantitative estimate of drug-likeness (QED) is 0.849. The van der Waals surface area contributed by atoms with Crippen LogP contribution in [-0.2, 0) is 6.54 Å². The fraction of sp³-hybridized carbons (Fsp3) is 0.600. The van der Waals surface area contributed by atoms with Gasteiger partial charge in [0.05, 0.1) is 0 Å². The Morgan fingerprint density at radius 3 is 2.47 bits per heavy atom. The van der Waals surface area contributed by atoms with Gasteiger partial charge in [-0.2, -0.15) is 0 Å². The van der Waals surface area contributed by atoms with Crippen LogP contribution in [0.2, 0.25) is 0 Å². The van der Waals surface area contributed by atoms with Crippen molar-refractivity contribution in [1.82, 2.24) is 4.90 Å². The fourth-order valence-corrected chi connectivity index (χ4v) is 1.82. The van der Waals surface area contributed by atoms with Gasteiger partial charge in [-0.25, -0.2) is 0 Å². The summed E-state index contributed by atoms with van der Waals surface area (Å²) >= 11 is 0. The molecule has 0 aromatic heterocycles. The molecule has 0 fully saturated rings. The van der Waals surface area contributed by atoms with Gasteiger partial charge in [0.25, 0.3) is 0 Å². The first kappa shape index (κ1) is 14.2. The van der Waals surface area contributed by atoms with Crippen molar-refractivity contribution in [2.75, 3.05) is 13.6 Å².